The molecule has 0 spiro atoms. The van der Waals surface area contributed by atoms with Crippen molar-refractivity contribution in [2.24, 2.45) is 0 Å². The van der Waals surface area contributed by atoms with E-state index in [2.05, 4.69) is 9.97 Å². The Morgan fingerprint density at radius 1 is 0.800 bits per heavy atom. The van der Waals surface area contributed by atoms with E-state index in [1.807, 2.05) is 55.6 Å². The number of aryl methyl sites for hydroxylation is 1. The van der Waals surface area contributed by atoms with Gasteiger partial charge in [0, 0.05) is 40.6 Å². The lowest BCUT2D eigenvalue weighted by atomic mass is 10.0. The molecule has 8 nitrogen and oxygen atoms in total. The Kier molecular flexibility index (Phi) is 6.23. The summed E-state index contributed by atoms with van der Waals surface area (Å²) in [6.45, 7) is 1.92. The first-order valence-electron chi connectivity index (χ1n) is 12.6. The predicted molar refractivity (Wildman–Crippen MR) is 156 cm³/mol. The van der Waals surface area contributed by atoms with Gasteiger partial charge in [-0.2, -0.15) is 0 Å². The van der Waals surface area contributed by atoms with Crippen LogP contribution in [0.1, 0.15) is 5.56 Å². The molecule has 9 heteroatoms. The van der Waals surface area contributed by atoms with Crippen LogP contribution in [0.2, 0.25) is 0 Å². The van der Waals surface area contributed by atoms with E-state index in [1.54, 1.807) is 58.0 Å². The fraction of sp³-hybridized carbons (Fsp3) is 0.129. The topological polar surface area (TPSA) is 95.4 Å². The van der Waals surface area contributed by atoms with Crippen LogP contribution in [0.3, 0.4) is 0 Å². The number of nitrogens with zero attached hydrogens (tertiary/aromatic N) is 2. The Hall–Kier alpha value is -4.76. The third kappa shape index (κ3) is 4.15. The Morgan fingerprint density at radius 3 is 2.20 bits per heavy atom. The largest absolute Gasteiger partial charge is 0.493 e. The van der Waals surface area contributed by atoms with Gasteiger partial charge in [-0.05, 0) is 72.0 Å². The summed E-state index contributed by atoms with van der Waals surface area (Å²) in [5, 5.41) is 1.71. The number of ether oxygens (including phenoxy) is 3. The highest BCUT2D eigenvalue weighted by Crippen LogP contribution is 2.42. The standard InChI is InChI=1S/C31H27N3O5S/c1-19-5-8-24(9-6-19)40(35,36)34-18-26(20-7-10-27-21(13-20)11-12-32-27)25-14-23(17-33-31(25)34)22-15-28(37-2)30(39-4)29(16-22)38-3/h5-18,32H,1-4H3. The second-order valence-electron chi connectivity index (χ2n) is 9.45. The van der Waals surface area contributed by atoms with Crippen LogP contribution in [0, 0.1) is 6.92 Å². The Balaban J connectivity index is 1.60. The molecule has 0 saturated heterocycles. The molecule has 40 heavy (non-hydrogen) atoms. The molecule has 0 atom stereocenters. The quantitative estimate of drug-likeness (QED) is 0.245. The summed E-state index contributed by atoms with van der Waals surface area (Å²) in [6, 6.07) is 20.4. The number of aromatic amines is 1. The maximum absolute atomic E-state index is 13.8. The van der Waals surface area contributed by atoms with Gasteiger partial charge in [-0.25, -0.2) is 17.4 Å². The number of H-pyrrole nitrogens is 1. The second kappa shape index (κ2) is 9.77. The van der Waals surface area contributed by atoms with Crippen molar-refractivity contribution in [1.82, 2.24) is 13.9 Å². The first-order chi connectivity index (χ1) is 19.3. The lowest BCUT2D eigenvalue weighted by molar-refractivity contribution is 0.324. The summed E-state index contributed by atoms with van der Waals surface area (Å²) in [4.78, 5) is 8.08. The smallest absolute Gasteiger partial charge is 0.269 e. The average molecular weight is 554 g/mol. The van der Waals surface area contributed by atoms with Crippen molar-refractivity contribution in [2.75, 3.05) is 21.3 Å². The summed E-state index contributed by atoms with van der Waals surface area (Å²) in [5.74, 6) is 1.50. The molecule has 202 valence electrons. The van der Waals surface area contributed by atoms with Gasteiger partial charge < -0.3 is 19.2 Å². The molecular weight excluding hydrogens is 526 g/mol. The number of fused-ring (bicyclic) bond motifs is 2. The molecule has 3 aromatic carbocycles. The van der Waals surface area contributed by atoms with E-state index >= 15 is 0 Å². The molecule has 0 aliphatic heterocycles. The zero-order valence-electron chi connectivity index (χ0n) is 22.4. The van der Waals surface area contributed by atoms with Gasteiger partial charge in [0.25, 0.3) is 10.0 Å². The highest BCUT2D eigenvalue weighted by Gasteiger charge is 2.24. The molecule has 0 radical (unpaired) electrons. The van der Waals surface area contributed by atoms with Gasteiger partial charge in [0.1, 0.15) is 0 Å². The molecule has 6 rings (SSSR count). The van der Waals surface area contributed by atoms with Crippen LogP contribution < -0.4 is 14.2 Å². The fourth-order valence-electron chi connectivity index (χ4n) is 4.94. The molecule has 3 aromatic heterocycles. The highest BCUT2D eigenvalue weighted by molar-refractivity contribution is 7.90. The van der Waals surface area contributed by atoms with Gasteiger partial charge in [-0.1, -0.05) is 23.8 Å². The number of benzene rings is 3. The molecule has 0 aliphatic carbocycles. The van der Waals surface area contributed by atoms with E-state index < -0.39 is 10.0 Å². The lowest BCUT2D eigenvalue weighted by Crippen LogP contribution is -2.12. The first-order valence-corrected chi connectivity index (χ1v) is 14.0. The molecule has 6 aromatic rings. The highest BCUT2D eigenvalue weighted by atomic mass is 32.2. The second-order valence-corrected chi connectivity index (χ2v) is 11.3. The van der Waals surface area contributed by atoms with Gasteiger partial charge in [0.2, 0.25) is 5.75 Å². The zero-order valence-corrected chi connectivity index (χ0v) is 23.2. The third-order valence-corrected chi connectivity index (χ3v) is 8.72. The number of aromatic nitrogens is 3. The van der Waals surface area contributed by atoms with Crippen LogP contribution in [-0.4, -0.2) is 43.7 Å². The van der Waals surface area contributed by atoms with Crippen molar-refractivity contribution in [1.29, 1.82) is 0 Å². The monoisotopic (exact) mass is 553 g/mol. The van der Waals surface area contributed by atoms with E-state index in [0.717, 1.165) is 38.7 Å². The van der Waals surface area contributed by atoms with Gasteiger partial charge >= 0.3 is 0 Å². The summed E-state index contributed by atoms with van der Waals surface area (Å²) < 4.78 is 45.5. The molecular formula is C31H27N3O5S. The predicted octanol–water partition coefficient (Wildman–Crippen LogP) is 6.42. The minimum absolute atomic E-state index is 0.193. The molecule has 0 unspecified atom stereocenters. The van der Waals surface area contributed by atoms with Crippen molar-refractivity contribution >= 4 is 32.0 Å². The normalized spacial score (nSPS) is 11.7. The van der Waals surface area contributed by atoms with Crippen LogP contribution in [0.4, 0.5) is 0 Å². The molecule has 0 amide bonds. The fourth-order valence-corrected chi connectivity index (χ4v) is 6.27. The SMILES string of the molecule is COc1cc(-c2cnc3c(c2)c(-c2ccc4[nH]ccc4c2)cn3S(=O)(=O)c2ccc(C)cc2)cc(OC)c1OC. The molecule has 0 fully saturated rings. The first kappa shape index (κ1) is 25.5. The van der Waals surface area contributed by atoms with Crippen LogP contribution in [-0.2, 0) is 10.0 Å². The summed E-state index contributed by atoms with van der Waals surface area (Å²) >= 11 is 0. The third-order valence-electron chi connectivity index (χ3n) is 7.05. The van der Waals surface area contributed by atoms with Crippen molar-refractivity contribution in [3.05, 3.63) is 90.9 Å². The molecule has 0 bridgehead atoms. The number of nitrogens with one attached hydrogen (secondary N) is 1. The molecule has 0 saturated carbocycles. The van der Waals surface area contributed by atoms with Gasteiger partial charge in [0.15, 0.2) is 17.1 Å². The maximum atomic E-state index is 13.8. The summed E-state index contributed by atoms with van der Waals surface area (Å²) in [7, 11) is 0.763. The Bertz CT molecular complexity index is 1960. The van der Waals surface area contributed by atoms with E-state index in [0.29, 0.717) is 28.3 Å². The summed E-state index contributed by atoms with van der Waals surface area (Å²) in [6.07, 6.45) is 5.19. The van der Waals surface area contributed by atoms with Crippen LogP contribution >= 0.6 is 0 Å². The van der Waals surface area contributed by atoms with Gasteiger partial charge in [0.05, 0.1) is 26.2 Å². The number of hydrogen-bond donors (Lipinski definition) is 1. The summed E-state index contributed by atoms with van der Waals surface area (Å²) in [5.41, 5.74) is 5.47. The van der Waals surface area contributed by atoms with E-state index in [1.165, 1.54) is 3.97 Å². The maximum Gasteiger partial charge on any atom is 0.269 e. The number of methoxy groups -OCH3 is 3. The van der Waals surface area contributed by atoms with E-state index in [4.69, 9.17) is 14.2 Å². The minimum atomic E-state index is -3.92. The Labute approximate surface area is 231 Å². The van der Waals surface area contributed by atoms with Gasteiger partial charge in [-0.3, -0.25) is 0 Å². The molecule has 0 aliphatic rings. The number of pyridine rings is 1. The van der Waals surface area contributed by atoms with Crippen molar-refractivity contribution in [3.63, 3.8) is 0 Å². The van der Waals surface area contributed by atoms with Crippen molar-refractivity contribution in [2.45, 2.75) is 11.8 Å². The Morgan fingerprint density at radius 2 is 1.52 bits per heavy atom. The zero-order chi connectivity index (χ0) is 28.0. The lowest BCUT2D eigenvalue weighted by Gasteiger charge is -2.14. The van der Waals surface area contributed by atoms with E-state index in [9.17, 15) is 8.42 Å². The molecule has 1 N–H and O–H groups in total. The average Bonchev–Trinajstić information content (AvgIpc) is 3.61. The van der Waals surface area contributed by atoms with Crippen LogP contribution in [0.5, 0.6) is 17.2 Å². The van der Waals surface area contributed by atoms with Crippen LogP contribution in [0.15, 0.2) is 90.2 Å². The molecule has 3 heterocycles. The van der Waals surface area contributed by atoms with Crippen molar-refractivity contribution < 1.29 is 22.6 Å². The van der Waals surface area contributed by atoms with Crippen LogP contribution in [0.25, 0.3) is 44.2 Å². The van der Waals surface area contributed by atoms with E-state index in [-0.39, 0.29) is 4.90 Å². The number of rotatable bonds is 7. The minimum Gasteiger partial charge on any atom is -0.493 e. The van der Waals surface area contributed by atoms with Crippen molar-refractivity contribution in [3.8, 4) is 39.5 Å². The van der Waals surface area contributed by atoms with Gasteiger partial charge in [-0.15, -0.1) is 0 Å². The number of hydrogen-bond acceptors (Lipinski definition) is 6.